The van der Waals surface area contributed by atoms with Gasteiger partial charge in [-0.15, -0.1) is 0 Å². The minimum Gasteiger partial charge on any atom is -0.356 e. The maximum Gasteiger partial charge on any atom is 0.224 e. The van der Waals surface area contributed by atoms with E-state index in [4.69, 9.17) is 0 Å². The molecule has 0 saturated heterocycles. The Kier molecular flexibility index (Phi) is 5.67. The molecule has 1 saturated carbocycles. The van der Waals surface area contributed by atoms with Crippen LogP contribution in [0.25, 0.3) is 0 Å². The van der Waals surface area contributed by atoms with Gasteiger partial charge < -0.3 is 5.32 Å². The minimum atomic E-state index is 0.153. The number of rotatable bonds is 4. The van der Waals surface area contributed by atoms with Crippen LogP contribution in [0.2, 0.25) is 0 Å². The molecule has 1 aliphatic rings. The standard InChI is InChI=1S/C16H22INO/c1-12-5-7-13(8-6-12)11-18-16(19)10-14-3-2-4-15(17)9-14/h2-4,9,12-13H,5-8,10-11H2,1H3,(H,18,19). The zero-order chi connectivity index (χ0) is 13.7. The van der Waals surface area contributed by atoms with Crippen LogP contribution in [0.3, 0.4) is 0 Å². The second-order valence-electron chi connectivity index (χ2n) is 5.74. The molecule has 19 heavy (non-hydrogen) atoms. The topological polar surface area (TPSA) is 29.1 Å². The molecule has 104 valence electrons. The third-order valence-electron chi connectivity index (χ3n) is 3.98. The first-order valence-electron chi connectivity index (χ1n) is 7.14. The number of halogens is 1. The zero-order valence-electron chi connectivity index (χ0n) is 11.5. The highest BCUT2D eigenvalue weighted by atomic mass is 127. The van der Waals surface area contributed by atoms with Gasteiger partial charge in [0.15, 0.2) is 0 Å². The second-order valence-corrected chi connectivity index (χ2v) is 6.98. The highest BCUT2D eigenvalue weighted by Gasteiger charge is 2.18. The summed E-state index contributed by atoms with van der Waals surface area (Å²) in [6.45, 7) is 3.18. The van der Waals surface area contributed by atoms with Crippen molar-refractivity contribution in [1.82, 2.24) is 5.32 Å². The molecule has 0 aliphatic heterocycles. The number of benzene rings is 1. The van der Waals surface area contributed by atoms with Crippen molar-refractivity contribution < 1.29 is 4.79 Å². The third kappa shape index (κ3) is 5.13. The van der Waals surface area contributed by atoms with E-state index in [2.05, 4.69) is 40.9 Å². The third-order valence-corrected chi connectivity index (χ3v) is 4.65. The first-order chi connectivity index (χ1) is 9.13. The van der Waals surface area contributed by atoms with Gasteiger partial charge in [-0.3, -0.25) is 4.79 Å². The summed E-state index contributed by atoms with van der Waals surface area (Å²) in [4.78, 5) is 11.9. The van der Waals surface area contributed by atoms with E-state index in [1.165, 1.54) is 29.3 Å². The molecule has 2 nitrogen and oxygen atoms in total. The van der Waals surface area contributed by atoms with E-state index in [1.54, 1.807) is 0 Å². The molecular formula is C16H22INO. The quantitative estimate of drug-likeness (QED) is 0.802. The summed E-state index contributed by atoms with van der Waals surface area (Å²) in [7, 11) is 0. The monoisotopic (exact) mass is 371 g/mol. The molecule has 0 radical (unpaired) electrons. The van der Waals surface area contributed by atoms with Crippen molar-refractivity contribution in [2.24, 2.45) is 11.8 Å². The number of carbonyl (C=O) groups is 1. The normalized spacial score (nSPS) is 23.1. The molecular weight excluding hydrogens is 349 g/mol. The van der Waals surface area contributed by atoms with Gasteiger partial charge in [0, 0.05) is 10.1 Å². The fourth-order valence-corrected chi connectivity index (χ4v) is 3.29. The van der Waals surface area contributed by atoms with Crippen LogP contribution in [0.4, 0.5) is 0 Å². The summed E-state index contributed by atoms with van der Waals surface area (Å²) in [5.41, 5.74) is 1.10. The van der Waals surface area contributed by atoms with E-state index in [-0.39, 0.29) is 5.91 Å². The van der Waals surface area contributed by atoms with Gasteiger partial charge in [-0.1, -0.05) is 31.9 Å². The Labute approximate surface area is 129 Å². The molecule has 1 aromatic rings. The van der Waals surface area contributed by atoms with Gasteiger partial charge in [-0.25, -0.2) is 0 Å². The van der Waals surface area contributed by atoms with Gasteiger partial charge in [-0.2, -0.15) is 0 Å². The first-order valence-corrected chi connectivity index (χ1v) is 8.22. The molecule has 1 aliphatic carbocycles. The molecule has 0 aromatic heterocycles. The van der Waals surface area contributed by atoms with E-state index in [9.17, 15) is 4.79 Å². The Morgan fingerprint density at radius 3 is 2.74 bits per heavy atom. The maximum absolute atomic E-state index is 11.9. The molecule has 0 bridgehead atoms. The Hall–Kier alpha value is -0.580. The fraction of sp³-hybridized carbons (Fsp3) is 0.562. The number of amides is 1. The van der Waals surface area contributed by atoms with E-state index in [0.717, 1.165) is 18.0 Å². The zero-order valence-corrected chi connectivity index (χ0v) is 13.7. The van der Waals surface area contributed by atoms with Crippen molar-refractivity contribution in [2.75, 3.05) is 6.54 Å². The van der Waals surface area contributed by atoms with Gasteiger partial charge in [-0.05, 0) is 65.0 Å². The molecule has 0 heterocycles. The van der Waals surface area contributed by atoms with Gasteiger partial charge >= 0.3 is 0 Å². The molecule has 1 aromatic carbocycles. The summed E-state index contributed by atoms with van der Waals surface area (Å²) in [5.74, 6) is 1.72. The SMILES string of the molecule is CC1CCC(CNC(=O)Cc2cccc(I)c2)CC1. The smallest absolute Gasteiger partial charge is 0.224 e. The molecule has 1 amide bonds. The molecule has 0 atom stereocenters. The van der Waals surface area contributed by atoms with Crippen LogP contribution in [0.15, 0.2) is 24.3 Å². The number of nitrogens with one attached hydrogen (secondary N) is 1. The Morgan fingerprint density at radius 1 is 1.32 bits per heavy atom. The minimum absolute atomic E-state index is 0.153. The van der Waals surface area contributed by atoms with Crippen LogP contribution in [0.5, 0.6) is 0 Å². The lowest BCUT2D eigenvalue weighted by Crippen LogP contribution is -2.32. The predicted octanol–water partition coefficient (Wildman–Crippen LogP) is 3.78. The van der Waals surface area contributed by atoms with Crippen LogP contribution in [0, 0.1) is 15.4 Å². The van der Waals surface area contributed by atoms with Crippen molar-refractivity contribution in [2.45, 2.75) is 39.0 Å². The van der Waals surface area contributed by atoms with Crippen molar-refractivity contribution in [3.63, 3.8) is 0 Å². The summed E-state index contributed by atoms with van der Waals surface area (Å²) in [6, 6.07) is 8.14. The van der Waals surface area contributed by atoms with Gasteiger partial charge in [0.1, 0.15) is 0 Å². The number of carbonyl (C=O) groups excluding carboxylic acids is 1. The summed E-state index contributed by atoms with van der Waals surface area (Å²) >= 11 is 2.28. The molecule has 0 spiro atoms. The first kappa shape index (κ1) is 14.8. The average Bonchev–Trinajstić information content (AvgIpc) is 2.38. The molecule has 2 rings (SSSR count). The van der Waals surface area contributed by atoms with Crippen LogP contribution >= 0.6 is 22.6 Å². The number of hydrogen-bond donors (Lipinski definition) is 1. The van der Waals surface area contributed by atoms with E-state index in [0.29, 0.717) is 12.3 Å². The van der Waals surface area contributed by atoms with Crippen LogP contribution < -0.4 is 5.32 Å². The largest absolute Gasteiger partial charge is 0.356 e. The second kappa shape index (κ2) is 7.27. The molecule has 1 N–H and O–H groups in total. The average molecular weight is 371 g/mol. The van der Waals surface area contributed by atoms with Gasteiger partial charge in [0.2, 0.25) is 5.91 Å². The van der Waals surface area contributed by atoms with Crippen LogP contribution in [-0.2, 0) is 11.2 Å². The van der Waals surface area contributed by atoms with E-state index in [1.807, 2.05) is 18.2 Å². The van der Waals surface area contributed by atoms with Crippen LogP contribution in [0.1, 0.15) is 38.2 Å². The lowest BCUT2D eigenvalue weighted by molar-refractivity contribution is -0.120. The maximum atomic E-state index is 11.9. The van der Waals surface area contributed by atoms with E-state index < -0.39 is 0 Å². The van der Waals surface area contributed by atoms with Gasteiger partial charge in [0.25, 0.3) is 0 Å². The van der Waals surface area contributed by atoms with Crippen molar-refractivity contribution in [3.05, 3.63) is 33.4 Å². The number of hydrogen-bond acceptors (Lipinski definition) is 1. The highest BCUT2D eigenvalue weighted by molar-refractivity contribution is 14.1. The molecule has 1 fully saturated rings. The summed E-state index contributed by atoms with van der Waals surface area (Å²) in [6.07, 6.45) is 5.67. The van der Waals surface area contributed by atoms with Crippen molar-refractivity contribution in [1.29, 1.82) is 0 Å². The Balaban J connectivity index is 1.73. The summed E-state index contributed by atoms with van der Waals surface area (Å²) < 4.78 is 1.18. The van der Waals surface area contributed by atoms with Crippen molar-refractivity contribution >= 4 is 28.5 Å². The summed E-state index contributed by atoms with van der Waals surface area (Å²) in [5, 5.41) is 3.09. The molecule has 3 heteroatoms. The van der Waals surface area contributed by atoms with Crippen molar-refractivity contribution in [3.8, 4) is 0 Å². The lowest BCUT2D eigenvalue weighted by atomic mass is 9.83. The predicted molar refractivity (Wildman–Crippen MR) is 87.0 cm³/mol. The Bertz CT molecular complexity index is 425. The Morgan fingerprint density at radius 2 is 2.05 bits per heavy atom. The lowest BCUT2D eigenvalue weighted by Gasteiger charge is -2.26. The molecule has 0 unspecified atom stereocenters. The van der Waals surface area contributed by atoms with E-state index >= 15 is 0 Å². The van der Waals surface area contributed by atoms with Gasteiger partial charge in [0.05, 0.1) is 6.42 Å². The fourth-order valence-electron chi connectivity index (χ4n) is 2.69. The van der Waals surface area contributed by atoms with Crippen LogP contribution in [-0.4, -0.2) is 12.5 Å². The highest BCUT2D eigenvalue weighted by Crippen LogP contribution is 2.27.